The summed E-state index contributed by atoms with van der Waals surface area (Å²) in [7, 11) is 1.49. The zero-order valence-electron chi connectivity index (χ0n) is 9.68. The minimum atomic E-state index is -0.662. The number of benzene rings is 1. The SMILES string of the molecule is COc1ccccc1NC(=O)c1ncccc1F. The molecule has 0 unspecified atom stereocenters. The predicted octanol–water partition coefficient (Wildman–Crippen LogP) is 2.48. The number of anilines is 1. The molecule has 1 N–H and O–H groups in total. The highest BCUT2D eigenvalue weighted by atomic mass is 19.1. The molecule has 0 fully saturated rings. The molecule has 5 heteroatoms. The van der Waals surface area contributed by atoms with E-state index in [2.05, 4.69) is 10.3 Å². The van der Waals surface area contributed by atoms with Crippen LogP contribution < -0.4 is 10.1 Å². The molecule has 18 heavy (non-hydrogen) atoms. The number of hydrogen-bond donors (Lipinski definition) is 1. The van der Waals surface area contributed by atoms with Gasteiger partial charge in [-0.1, -0.05) is 12.1 Å². The second-order valence-corrected chi connectivity index (χ2v) is 3.49. The number of pyridine rings is 1. The Hall–Kier alpha value is -2.43. The lowest BCUT2D eigenvalue weighted by molar-refractivity contribution is 0.101. The van der Waals surface area contributed by atoms with Gasteiger partial charge < -0.3 is 10.1 Å². The largest absolute Gasteiger partial charge is 0.495 e. The summed E-state index contributed by atoms with van der Waals surface area (Å²) in [6, 6.07) is 9.49. The Morgan fingerprint density at radius 1 is 1.28 bits per heavy atom. The summed E-state index contributed by atoms with van der Waals surface area (Å²) in [6.07, 6.45) is 1.36. The predicted molar refractivity (Wildman–Crippen MR) is 65.1 cm³/mol. The van der Waals surface area contributed by atoms with E-state index < -0.39 is 11.7 Å². The van der Waals surface area contributed by atoms with Crippen LogP contribution in [-0.4, -0.2) is 18.0 Å². The summed E-state index contributed by atoms with van der Waals surface area (Å²) >= 11 is 0. The maximum Gasteiger partial charge on any atom is 0.277 e. The summed E-state index contributed by atoms with van der Waals surface area (Å²) in [6.45, 7) is 0. The van der Waals surface area contributed by atoms with Crippen molar-refractivity contribution in [3.63, 3.8) is 0 Å². The van der Waals surface area contributed by atoms with Gasteiger partial charge in [0.2, 0.25) is 0 Å². The number of rotatable bonds is 3. The molecule has 1 amide bonds. The zero-order valence-corrected chi connectivity index (χ0v) is 9.68. The second kappa shape index (κ2) is 5.27. The van der Waals surface area contributed by atoms with Crippen LogP contribution in [0, 0.1) is 5.82 Å². The van der Waals surface area contributed by atoms with E-state index in [1.54, 1.807) is 24.3 Å². The number of carbonyl (C=O) groups excluding carboxylic acids is 1. The van der Waals surface area contributed by atoms with Gasteiger partial charge in [0, 0.05) is 6.20 Å². The average Bonchev–Trinajstić information content (AvgIpc) is 2.39. The number of para-hydroxylation sites is 2. The molecule has 1 aromatic carbocycles. The van der Waals surface area contributed by atoms with Crippen LogP contribution in [0.1, 0.15) is 10.5 Å². The highest BCUT2D eigenvalue weighted by Gasteiger charge is 2.14. The topological polar surface area (TPSA) is 51.2 Å². The molecule has 0 aliphatic heterocycles. The Bertz CT molecular complexity index is 572. The maximum atomic E-state index is 13.4. The van der Waals surface area contributed by atoms with Crippen LogP contribution in [-0.2, 0) is 0 Å². The number of amides is 1. The summed E-state index contributed by atoms with van der Waals surface area (Å²) < 4.78 is 18.5. The standard InChI is InChI=1S/C13H11FN2O2/c1-18-11-7-3-2-6-10(11)16-13(17)12-9(14)5-4-8-15-12/h2-8H,1H3,(H,16,17). The van der Waals surface area contributed by atoms with Crippen LogP contribution in [0.5, 0.6) is 5.75 Å². The van der Waals surface area contributed by atoms with Gasteiger partial charge in [-0.2, -0.15) is 0 Å². The van der Waals surface area contributed by atoms with E-state index in [0.717, 1.165) is 0 Å². The van der Waals surface area contributed by atoms with E-state index in [1.165, 1.54) is 25.4 Å². The molecular formula is C13H11FN2O2. The lowest BCUT2D eigenvalue weighted by Crippen LogP contribution is -2.15. The van der Waals surface area contributed by atoms with Gasteiger partial charge in [0.25, 0.3) is 5.91 Å². The van der Waals surface area contributed by atoms with E-state index in [0.29, 0.717) is 11.4 Å². The lowest BCUT2D eigenvalue weighted by atomic mass is 10.2. The van der Waals surface area contributed by atoms with E-state index >= 15 is 0 Å². The van der Waals surface area contributed by atoms with Gasteiger partial charge in [-0.3, -0.25) is 4.79 Å². The Balaban J connectivity index is 2.24. The van der Waals surface area contributed by atoms with Crippen molar-refractivity contribution in [1.29, 1.82) is 0 Å². The normalized spacial score (nSPS) is 9.89. The first kappa shape index (κ1) is 12.0. The van der Waals surface area contributed by atoms with Crippen molar-refractivity contribution in [2.45, 2.75) is 0 Å². The summed E-state index contributed by atoms with van der Waals surface area (Å²) in [5.41, 5.74) is 0.221. The molecule has 0 aliphatic rings. The van der Waals surface area contributed by atoms with Crippen molar-refractivity contribution < 1.29 is 13.9 Å². The van der Waals surface area contributed by atoms with Crippen LogP contribution in [0.25, 0.3) is 0 Å². The first-order valence-electron chi connectivity index (χ1n) is 5.27. The van der Waals surface area contributed by atoms with E-state index in [9.17, 15) is 9.18 Å². The molecule has 0 aliphatic carbocycles. The molecule has 92 valence electrons. The third-order valence-corrected chi connectivity index (χ3v) is 2.33. The molecule has 0 atom stereocenters. The molecule has 0 saturated heterocycles. The molecular weight excluding hydrogens is 235 g/mol. The summed E-state index contributed by atoms with van der Waals surface area (Å²) in [4.78, 5) is 15.5. The van der Waals surface area contributed by atoms with Crippen LogP contribution >= 0.6 is 0 Å². The van der Waals surface area contributed by atoms with Crippen molar-refractivity contribution >= 4 is 11.6 Å². The number of hydrogen-bond acceptors (Lipinski definition) is 3. The number of aromatic nitrogens is 1. The van der Waals surface area contributed by atoms with Crippen LogP contribution in [0.4, 0.5) is 10.1 Å². The third kappa shape index (κ3) is 2.45. The van der Waals surface area contributed by atoms with Crippen molar-refractivity contribution in [1.82, 2.24) is 4.98 Å². The Morgan fingerprint density at radius 3 is 2.78 bits per heavy atom. The minimum absolute atomic E-state index is 0.247. The van der Waals surface area contributed by atoms with E-state index in [1.807, 2.05) is 0 Å². The fraction of sp³-hybridized carbons (Fsp3) is 0.0769. The second-order valence-electron chi connectivity index (χ2n) is 3.49. The van der Waals surface area contributed by atoms with Crippen LogP contribution in [0.15, 0.2) is 42.6 Å². The first-order chi connectivity index (χ1) is 8.72. The third-order valence-electron chi connectivity index (χ3n) is 2.33. The number of halogens is 1. The fourth-order valence-electron chi connectivity index (χ4n) is 1.48. The maximum absolute atomic E-state index is 13.4. The summed E-state index contributed by atoms with van der Waals surface area (Å²) in [5.74, 6) is -0.773. The number of ether oxygens (including phenoxy) is 1. The van der Waals surface area contributed by atoms with Gasteiger partial charge in [0.15, 0.2) is 11.5 Å². The monoisotopic (exact) mass is 246 g/mol. The zero-order chi connectivity index (χ0) is 13.0. The van der Waals surface area contributed by atoms with Crippen LogP contribution in [0.3, 0.4) is 0 Å². The van der Waals surface area contributed by atoms with E-state index in [4.69, 9.17) is 4.74 Å². The molecule has 0 spiro atoms. The van der Waals surface area contributed by atoms with Gasteiger partial charge in [-0.15, -0.1) is 0 Å². The van der Waals surface area contributed by atoms with Crippen molar-refractivity contribution in [3.8, 4) is 5.75 Å². The number of nitrogens with one attached hydrogen (secondary N) is 1. The van der Waals surface area contributed by atoms with Gasteiger partial charge in [0.1, 0.15) is 5.75 Å². The molecule has 0 bridgehead atoms. The number of methoxy groups -OCH3 is 1. The highest BCUT2D eigenvalue weighted by Crippen LogP contribution is 2.23. The fourth-order valence-corrected chi connectivity index (χ4v) is 1.48. The lowest BCUT2D eigenvalue weighted by Gasteiger charge is -2.09. The van der Waals surface area contributed by atoms with Gasteiger partial charge >= 0.3 is 0 Å². The Kier molecular flexibility index (Phi) is 3.52. The molecule has 4 nitrogen and oxygen atoms in total. The first-order valence-corrected chi connectivity index (χ1v) is 5.27. The Morgan fingerprint density at radius 2 is 2.06 bits per heavy atom. The summed E-state index contributed by atoms with van der Waals surface area (Å²) in [5, 5.41) is 2.55. The minimum Gasteiger partial charge on any atom is -0.495 e. The molecule has 1 heterocycles. The average molecular weight is 246 g/mol. The number of carbonyl (C=O) groups is 1. The van der Waals surface area contributed by atoms with Crippen molar-refractivity contribution in [3.05, 3.63) is 54.1 Å². The smallest absolute Gasteiger partial charge is 0.277 e. The molecule has 2 rings (SSSR count). The molecule has 1 aromatic heterocycles. The van der Waals surface area contributed by atoms with Gasteiger partial charge in [-0.25, -0.2) is 9.37 Å². The van der Waals surface area contributed by atoms with E-state index in [-0.39, 0.29) is 5.69 Å². The molecule has 0 saturated carbocycles. The van der Waals surface area contributed by atoms with Crippen LogP contribution in [0.2, 0.25) is 0 Å². The Labute approximate surface area is 103 Å². The molecule has 0 radical (unpaired) electrons. The quantitative estimate of drug-likeness (QED) is 0.905. The van der Waals surface area contributed by atoms with Gasteiger partial charge in [0.05, 0.1) is 12.8 Å². The molecule has 2 aromatic rings. The van der Waals surface area contributed by atoms with Crippen molar-refractivity contribution in [2.75, 3.05) is 12.4 Å². The highest BCUT2D eigenvalue weighted by molar-refractivity contribution is 6.03. The number of nitrogens with zero attached hydrogens (tertiary/aromatic N) is 1. The van der Waals surface area contributed by atoms with Crippen molar-refractivity contribution in [2.24, 2.45) is 0 Å². The van der Waals surface area contributed by atoms with Gasteiger partial charge in [-0.05, 0) is 24.3 Å².